The van der Waals surface area contributed by atoms with Crippen molar-refractivity contribution < 1.29 is 32.0 Å². The van der Waals surface area contributed by atoms with Gasteiger partial charge in [-0.05, 0) is 25.0 Å². The Labute approximate surface area is 205 Å². The fraction of sp³-hybridized carbons (Fsp3) is 0.692. The zero-order chi connectivity index (χ0) is 25.2. The van der Waals surface area contributed by atoms with E-state index in [0.717, 1.165) is 19.3 Å². The third-order valence-corrected chi connectivity index (χ3v) is 6.85. The van der Waals surface area contributed by atoms with Crippen molar-refractivity contribution in [1.82, 2.24) is 0 Å². The summed E-state index contributed by atoms with van der Waals surface area (Å²) < 4.78 is 41.9. The zero-order valence-electron chi connectivity index (χ0n) is 20.8. The Balaban J connectivity index is 2.27. The Morgan fingerprint density at radius 2 is 1.21 bits per heavy atom. The average molecular weight is 499 g/mol. The molecule has 0 saturated heterocycles. The lowest BCUT2D eigenvalue weighted by molar-refractivity contribution is 0.0402. The Bertz CT molecular complexity index is 820. The van der Waals surface area contributed by atoms with Crippen LogP contribution in [-0.2, 0) is 19.6 Å². The quantitative estimate of drug-likeness (QED) is 0.128. The molecule has 0 spiro atoms. The first-order chi connectivity index (χ1) is 16.3. The standard InChI is InChI=1S/C26H42O7S/c1-3-5-6-7-8-9-10-11-12-13-14-15-18-21-32-25(27)22-19-16-17-20-23(22)26(28)33-24(4-2)34(29,30)31/h16-17,19-20,24H,3-15,18,21H2,1-2H3,(H,29,30,31). The van der Waals surface area contributed by atoms with Crippen LogP contribution in [-0.4, -0.2) is 37.0 Å². The molecule has 0 aromatic heterocycles. The molecule has 0 aliphatic rings. The summed E-state index contributed by atoms with van der Waals surface area (Å²) in [4.78, 5) is 24.8. The molecule has 1 atom stereocenters. The molecule has 7 nitrogen and oxygen atoms in total. The number of carbonyl (C=O) groups excluding carboxylic acids is 2. The monoisotopic (exact) mass is 498 g/mol. The smallest absolute Gasteiger partial charge is 0.340 e. The van der Waals surface area contributed by atoms with Crippen LogP contribution in [0.4, 0.5) is 0 Å². The van der Waals surface area contributed by atoms with Crippen LogP contribution >= 0.6 is 0 Å². The average Bonchev–Trinajstić information content (AvgIpc) is 2.81. The van der Waals surface area contributed by atoms with E-state index in [1.165, 1.54) is 89.3 Å². The molecule has 194 valence electrons. The van der Waals surface area contributed by atoms with Gasteiger partial charge in [-0.15, -0.1) is 0 Å². The van der Waals surface area contributed by atoms with Crippen LogP contribution in [0.3, 0.4) is 0 Å². The summed E-state index contributed by atoms with van der Waals surface area (Å²) in [6.07, 6.45) is 15.8. The molecule has 34 heavy (non-hydrogen) atoms. The number of benzene rings is 1. The van der Waals surface area contributed by atoms with Crippen molar-refractivity contribution in [1.29, 1.82) is 0 Å². The van der Waals surface area contributed by atoms with Gasteiger partial charge in [0.05, 0.1) is 17.7 Å². The van der Waals surface area contributed by atoms with Gasteiger partial charge in [-0.2, -0.15) is 8.42 Å². The Kier molecular flexibility index (Phi) is 15.5. The minimum Gasteiger partial charge on any atom is -0.462 e. The summed E-state index contributed by atoms with van der Waals surface area (Å²) in [6, 6.07) is 5.91. The molecule has 1 aromatic rings. The van der Waals surface area contributed by atoms with Crippen LogP contribution in [0, 0.1) is 0 Å². The van der Waals surface area contributed by atoms with Gasteiger partial charge in [0.1, 0.15) is 0 Å². The molecule has 0 bridgehead atoms. The molecule has 1 N–H and O–H groups in total. The van der Waals surface area contributed by atoms with E-state index in [1.54, 1.807) is 6.07 Å². The van der Waals surface area contributed by atoms with Gasteiger partial charge in [0.2, 0.25) is 5.44 Å². The Hall–Kier alpha value is -1.93. The van der Waals surface area contributed by atoms with Gasteiger partial charge in [0.25, 0.3) is 0 Å². The summed E-state index contributed by atoms with van der Waals surface area (Å²) in [5.41, 5.74) is -1.78. The van der Waals surface area contributed by atoms with Gasteiger partial charge in [-0.3, -0.25) is 4.55 Å². The fourth-order valence-electron chi connectivity index (χ4n) is 3.74. The van der Waals surface area contributed by atoms with E-state index >= 15 is 0 Å². The summed E-state index contributed by atoms with van der Waals surface area (Å²) in [7, 11) is -4.55. The highest BCUT2D eigenvalue weighted by Crippen LogP contribution is 2.16. The normalized spacial score (nSPS) is 12.3. The molecule has 8 heteroatoms. The van der Waals surface area contributed by atoms with Crippen LogP contribution < -0.4 is 0 Å². The van der Waals surface area contributed by atoms with E-state index in [9.17, 15) is 18.0 Å². The highest BCUT2D eigenvalue weighted by atomic mass is 32.2. The van der Waals surface area contributed by atoms with E-state index in [0.29, 0.717) is 0 Å². The van der Waals surface area contributed by atoms with Crippen molar-refractivity contribution in [2.45, 2.75) is 109 Å². The van der Waals surface area contributed by atoms with Crippen molar-refractivity contribution >= 4 is 22.1 Å². The number of hydrogen-bond donors (Lipinski definition) is 1. The maximum absolute atomic E-state index is 12.4. The molecule has 0 saturated carbocycles. The Morgan fingerprint density at radius 3 is 1.65 bits per heavy atom. The molecule has 0 aliphatic carbocycles. The van der Waals surface area contributed by atoms with Crippen molar-refractivity contribution in [3.8, 4) is 0 Å². The largest absolute Gasteiger partial charge is 0.462 e. The molecule has 1 unspecified atom stereocenters. The zero-order valence-corrected chi connectivity index (χ0v) is 21.6. The number of esters is 2. The van der Waals surface area contributed by atoms with Crippen molar-refractivity contribution in [3.63, 3.8) is 0 Å². The first-order valence-electron chi connectivity index (χ1n) is 12.7. The number of hydrogen-bond acceptors (Lipinski definition) is 6. The van der Waals surface area contributed by atoms with Crippen LogP contribution in [0.25, 0.3) is 0 Å². The van der Waals surface area contributed by atoms with E-state index in [1.807, 2.05) is 0 Å². The number of ether oxygens (including phenoxy) is 2. The van der Waals surface area contributed by atoms with Gasteiger partial charge in [0, 0.05) is 0 Å². The van der Waals surface area contributed by atoms with Crippen LogP contribution in [0.5, 0.6) is 0 Å². The molecular weight excluding hydrogens is 456 g/mol. The van der Waals surface area contributed by atoms with E-state index < -0.39 is 27.5 Å². The minimum absolute atomic E-state index is 0.00684. The molecule has 0 aliphatic heterocycles. The summed E-state index contributed by atoms with van der Waals surface area (Å²) in [5, 5.41) is 0. The second-order valence-corrected chi connectivity index (χ2v) is 10.2. The maximum atomic E-state index is 12.4. The number of rotatable bonds is 19. The van der Waals surface area contributed by atoms with Crippen LogP contribution in [0.15, 0.2) is 24.3 Å². The predicted octanol–water partition coefficient (Wildman–Crippen LogP) is 6.72. The van der Waals surface area contributed by atoms with Crippen molar-refractivity contribution in [2.75, 3.05) is 6.61 Å². The van der Waals surface area contributed by atoms with Gasteiger partial charge in [-0.25, -0.2) is 9.59 Å². The molecule has 0 heterocycles. The fourth-order valence-corrected chi connectivity index (χ4v) is 4.37. The summed E-state index contributed by atoms with van der Waals surface area (Å²) >= 11 is 0. The highest BCUT2D eigenvalue weighted by Gasteiger charge is 2.28. The number of carbonyl (C=O) groups is 2. The minimum atomic E-state index is -4.55. The third kappa shape index (κ3) is 12.5. The van der Waals surface area contributed by atoms with Gasteiger partial charge < -0.3 is 9.47 Å². The second kappa shape index (κ2) is 17.5. The summed E-state index contributed by atoms with van der Waals surface area (Å²) in [5.74, 6) is -1.66. The van der Waals surface area contributed by atoms with Gasteiger partial charge in [0.15, 0.2) is 0 Å². The first kappa shape index (κ1) is 30.1. The third-order valence-electron chi connectivity index (χ3n) is 5.75. The van der Waals surface area contributed by atoms with Gasteiger partial charge >= 0.3 is 22.1 Å². The predicted molar refractivity (Wildman–Crippen MR) is 133 cm³/mol. The van der Waals surface area contributed by atoms with E-state index in [4.69, 9.17) is 14.0 Å². The molecule has 0 fully saturated rings. The second-order valence-electron chi connectivity index (χ2n) is 8.68. The van der Waals surface area contributed by atoms with Crippen molar-refractivity contribution in [2.24, 2.45) is 0 Å². The Morgan fingerprint density at radius 1 is 0.765 bits per heavy atom. The van der Waals surface area contributed by atoms with Crippen LogP contribution in [0.1, 0.15) is 124 Å². The lowest BCUT2D eigenvalue weighted by Crippen LogP contribution is -2.27. The van der Waals surface area contributed by atoms with Crippen LogP contribution in [0.2, 0.25) is 0 Å². The lowest BCUT2D eigenvalue weighted by Gasteiger charge is -2.14. The van der Waals surface area contributed by atoms with Crippen molar-refractivity contribution in [3.05, 3.63) is 35.4 Å². The SMILES string of the molecule is CCCCCCCCCCCCCCCOC(=O)c1ccccc1C(=O)OC(CC)S(=O)(=O)O. The first-order valence-corrected chi connectivity index (χ1v) is 14.2. The molecule has 0 amide bonds. The molecular formula is C26H42O7S. The lowest BCUT2D eigenvalue weighted by atomic mass is 10.0. The highest BCUT2D eigenvalue weighted by molar-refractivity contribution is 7.86. The maximum Gasteiger partial charge on any atom is 0.340 e. The molecule has 1 aromatic carbocycles. The summed E-state index contributed by atoms with van der Waals surface area (Å²) in [6.45, 7) is 3.95. The molecule has 1 rings (SSSR count). The van der Waals surface area contributed by atoms with Gasteiger partial charge in [-0.1, -0.05) is 103 Å². The van der Waals surface area contributed by atoms with E-state index in [-0.39, 0.29) is 24.2 Å². The van der Waals surface area contributed by atoms with E-state index in [2.05, 4.69) is 6.92 Å². The topological polar surface area (TPSA) is 107 Å². The number of unbranched alkanes of at least 4 members (excludes halogenated alkanes) is 12. The molecule has 0 radical (unpaired) electrons.